The number of hydrogen-bond donors (Lipinski definition) is 0. The van der Waals surface area contributed by atoms with Gasteiger partial charge in [-0.05, 0) is 35.9 Å². The fraction of sp³-hybridized carbons (Fsp3) is 0. The van der Waals surface area contributed by atoms with Gasteiger partial charge in [-0.25, -0.2) is 26.0 Å². The summed E-state index contributed by atoms with van der Waals surface area (Å²) in [5, 5.41) is 0.119. The summed E-state index contributed by atoms with van der Waals surface area (Å²) < 4.78 is 81.7. The van der Waals surface area contributed by atoms with E-state index in [1.807, 2.05) is 0 Å². The van der Waals surface area contributed by atoms with E-state index in [-0.39, 0.29) is 22.0 Å². The van der Waals surface area contributed by atoms with Crippen LogP contribution in [0.4, 0.5) is 17.6 Å². The fourth-order valence-corrected chi connectivity index (χ4v) is 4.60. The molecular formula is C21H11F4NO2S. The first-order valence-electron chi connectivity index (χ1n) is 8.32. The zero-order valence-corrected chi connectivity index (χ0v) is 15.4. The molecule has 4 aromatic rings. The summed E-state index contributed by atoms with van der Waals surface area (Å²) in [5.41, 5.74) is 0.0215. The van der Waals surface area contributed by atoms with Crippen molar-refractivity contribution in [1.82, 2.24) is 4.98 Å². The average Bonchev–Trinajstić information content (AvgIpc) is 2.66. The molecule has 0 amide bonds. The van der Waals surface area contributed by atoms with Crippen molar-refractivity contribution in [1.29, 1.82) is 0 Å². The van der Waals surface area contributed by atoms with Gasteiger partial charge in [0.25, 0.3) is 0 Å². The van der Waals surface area contributed by atoms with Gasteiger partial charge in [-0.2, -0.15) is 0 Å². The molecule has 0 aliphatic heterocycles. The SMILES string of the molecule is O=S(=O)(c1cc(F)cc(F)c1)c1cnc2c(F)cccc2c1-c1cccc(F)c1. The van der Waals surface area contributed by atoms with E-state index in [0.717, 1.165) is 18.3 Å². The minimum Gasteiger partial charge on any atom is -0.252 e. The number of rotatable bonds is 3. The number of hydrogen-bond acceptors (Lipinski definition) is 3. The number of pyridine rings is 1. The van der Waals surface area contributed by atoms with Crippen LogP contribution in [0.15, 0.2) is 76.7 Å². The molecule has 0 aliphatic rings. The van der Waals surface area contributed by atoms with E-state index in [0.29, 0.717) is 18.2 Å². The van der Waals surface area contributed by atoms with Gasteiger partial charge in [0.15, 0.2) is 0 Å². The van der Waals surface area contributed by atoms with Gasteiger partial charge in [0, 0.05) is 23.2 Å². The lowest BCUT2D eigenvalue weighted by Gasteiger charge is -2.14. The average molecular weight is 417 g/mol. The number of fused-ring (bicyclic) bond motifs is 1. The van der Waals surface area contributed by atoms with Crippen molar-refractivity contribution >= 4 is 20.7 Å². The van der Waals surface area contributed by atoms with E-state index in [2.05, 4.69) is 4.98 Å². The molecule has 0 saturated carbocycles. The Balaban J connectivity index is 2.11. The molecule has 0 atom stereocenters. The van der Waals surface area contributed by atoms with Crippen molar-refractivity contribution in [2.24, 2.45) is 0 Å². The summed E-state index contributed by atoms with van der Waals surface area (Å²) >= 11 is 0. The molecule has 29 heavy (non-hydrogen) atoms. The van der Waals surface area contributed by atoms with Crippen LogP contribution in [0.5, 0.6) is 0 Å². The molecule has 0 spiro atoms. The highest BCUT2D eigenvalue weighted by Crippen LogP contribution is 2.37. The standard InChI is InChI=1S/C21H11F4NO2S/c22-13-4-1-3-12(7-13)20-17-5-2-6-18(25)21(17)26-11-19(20)29(27,28)16-9-14(23)8-15(24)10-16/h1-11H. The summed E-state index contributed by atoms with van der Waals surface area (Å²) in [6.45, 7) is 0. The Morgan fingerprint density at radius 2 is 1.45 bits per heavy atom. The molecule has 4 rings (SSSR count). The molecule has 1 heterocycles. The van der Waals surface area contributed by atoms with Crippen LogP contribution >= 0.6 is 0 Å². The number of para-hydroxylation sites is 1. The quantitative estimate of drug-likeness (QED) is 0.426. The maximum atomic E-state index is 14.2. The van der Waals surface area contributed by atoms with Crippen molar-refractivity contribution < 1.29 is 26.0 Å². The third kappa shape index (κ3) is 3.36. The molecule has 1 aromatic heterocycles. The lowest BCUT2D eigenvalue weighted by molar-refractivity contribution is 0.567. The number of nitrogens with zero attached hydrogens (tertiary/aromatic N) is 1. The zero-order valence-electron chi connectivity index (χ0n) is 14.5. The monoisotopic (exact) mass is 417 g/mol. The lowest BCUT2D eigenvalue weighted by atomic mass is 10.0. The Labute approximate surface area is 163 Å². The van der Waals surface area contributed by atoms with Crippen LogP contribution in [0.3, 0.4) is 0 Å². The van der Waals surface area contributed by atoms with Crippen LogP contribution in [0.1, 0.15) is 0 Å². The Bertz CT molecular complexity index is 1350. The molecule has 146 valence electrons. The van der Waals surface area contributed by atoms with E-state index >= 15 is 0 Å². The van der Waals surface area contributed by atoms with Gasteiger partial charge in [0.05, 0.1) is 9.79 Å². The maximum Gasteiger partial charge on any atom is 0.208 e. The molecule has 0 radical (unpaired) electrons. The third-order valence-corrected chi connectivity index (χ3v) is 6.11. The molecule has 0 unspecified atom stereocenters. The number of sulfone groups is 1. The van der Waals surface area contributed by atoms with E-state index in [4.69, 9.17) is 0 Å². The first-order valence-corrected chi connectivity index (χ1v) is 9.80. The van der Waals surface area contributed by atoms with E-state index in [9.17, 15) is 26.0 Å². The molecule has 0 aliphatic carbocycles. The van der Waals surface area contributed by atoms with Crippen LogP contribution in [0, 0.1) is 23.3 Å². The summed E-state index contributed by atoms with van der Waals surface area (Å²) in [4.78, 5) is 2.83. The van der Waals surface area contributed by atoms with E-state index in [1.54, 1.807) is 0 Å². The second-order valence-electron chi connectivity index (χ2n) is 6.25. The minimum absolute atomic E-state index is 0.0151. The van der Waals surface area contributed by atoms with Gasteiger partial charge in [-0.15, -0.1) is 0 Å². The Hall–Kier alpha value is -3.26. The molecule has 3 nitrogen and oxygen atoms in total. The van der Waals surface area contributed by atoms with Crippen molar-refractivity contribution in [2.45, 2.75) is 9.79 Å². The zero-order chi connectivity index (χ0) is 20.8. The summed E-state index contributed by atoms with van der Waals surface area (Å²) in [7, 11) is -4.47. The minimum atomic E-state index is -4.47. The first-order chi connectivity index (χ1) is 13.8. The third-order valence-electron chi connectivity index (χ3n) is 4.36. The molecule has 0 saturated heterocycles. The highest BCUT2D eigenvalue weighted by molar-refractivity contribution is 7.91. The topological polar surface area (TPSA) is 47.0 Å². The summed E-state index contributed by atoms with van der Waals surface area (Å²) in [5.74, 6) is -3.48. The van der Waals surface area contributed by atoms with Crippen LogP contribution < -0.4 is 0 Å². The predicted octanol–water partition coefficient (Wildman–Crippen LogP) is 5.29. The van der Waals surface area contributed by atoms with Crippen molar-refractivity contribution in [3.8, 4) is 11.1 Å². The van der Waals surface area contributed by atoms with Gasteiger partial charge in [-0.1, -0.05) is 24.3 Å². The molecule has 0 bridgehead atoms. The number of halogens is 4. The highest BCUT2D eigenvalue weighted by atomic mass is 32.2. The molecule has 8 heteroatoms. The van der Waals surface area contributed by atoms with Gasteiger partial charge in [-0.3, -0.25) is 4.98 Å². The molecule has 0 fully saturated rings. The van der Waals surface area contributed by atoms with Crippen LogP contribution in [0.2, 0.25) is 0 Å². The Morgan fingerprint density at radius 1 is 0.759 bits per heavy atom. The van der Waals surface area contributed by atoms with Crippen LogP contribution in [-0.2, 0) is 9.84 Å². The van der Waals surface area contributed by atoms with Gasteiger partial charge in [0.2, 0.25) is 9.84 Å². The van der Waals surface area contributed by atoms with Crippen molar-refractivity contribution in [3.63, 3.8) is 0 Å². The van der Waals surface area contributed by atoms with Gasteiger partial charge < -0.3 is 0 Å². The molecular weight excluding hydrogens is 406 g/mol. The number of aromatic nitrogens is 1. The summed E-state index contributed by atoms with van der Waals surface area (Å²) in [6, 6.07) is 10.9. The van der Waals surface area contributed by atoms with Gasteiger partial charge >= 0.3 is 0 Å². The van der Waals surface area contributed by atoms with Gasteiger partial charge in [0.1, 0.15) is 28.8 Å². The Kier molecular flexibility index (Phi) is 4.58. The van der Waals surface area contributed by atoms with E-state index in [1.165, 1.54) is 30.3 Å². The molecule has 3 aromatic carbocycles. The fourth-order valence-electron chi connectivity index (χ4n) is 3.12. The normalized spacial score (nSPS) is 11.7. The Morgan fingerprint density at radius 3 is 2.14 bits per heavy atom. The number of benzene rings is 3. The maximum absolute atomic E-state index is 14.2. The lowest BCUT2D eigenvalue weighted by Crippen LogP contribution is -2.07. The van der Waals surface area contributed by atoms with Crippen molar-refractivity contribution in [3.05, 3.63) is 90.1 Å². The second kappa shape index (κ2) is 6.97. The highest BCUT2D eigenvalue weighted by Gasteiger charge is 2.26. The summed E-state index contributed by atoms with van der Waals surface area (Å²) in [6.07, 6.45) is 0.907. The van der Waals surface area contributed by atoms with Crippen molar-refractivity contribution in [2.75, 3.05) is 0 Å². The van der Waals surface area contributed by atoms with E-state index < -0.39 is 42.9 Å². The largest absolute Gasteiger partial charge is 0.252 e. The first kappa shape index (κ1) is 19.1. The van der Waals surface area contributed by atoms with Crippen LogP contribution in [-0.4, -0.2) is 13.4 Å². The smallest absolute Gasteiger partial charge is 0.208 e. The molecule has 0 N–H and O–H groups in total. The van der Waals surface area contributed by atoms with Crippen LogP contribution in [0.25, 0.3) is 22.0 Å². The second-order valence-corrected chi connectivity index (χ2v) is 8.17. The predicted molar refractivity (Wildman–Crippen MR) is 98.9 cm³/mol.